The average molecular weight is 319 g/mol. The first-order valence-corrected chi connectivity index (χ1v) is 8.57. The standard InChI is InChI=1S/C15H17N3OS2/c1-9-10(2)21-15-13(9)14(19)17-12(18-15)8-16-6-5-11-4-3-7-20-11/h3-4,7,16H,5-6,8H2,1-2H3,(H,17,18,19). The van der Waals surface area contributed by atoms with Crippen LogP contribution in [0.3, 0.4) is 0 Å². The van der Waals surface area contributed by atoms with Crippen molar-refractivity contribution in [1.82, 2.24) is 15.3 Å². The first kappa shape index (κ1) is 14.4. The number of thiophene rings is 2. The third kappa shape index (κ3) is 3.07. The van der Waals surface area contributed by atoms with Crippen molar-refractivity contribution >= 4 is 32.9 Å². The number of nitrogens with one attached hydrogen (secondary N) is 2. The number of aryl methyl sites for hydroxylation is 2. The van der Waals surface area contributed by atoms with Gasteiger partial charge in [0.05, 0.1) is 11.9 Å². The fourth-order valence-corrected chi connectivity index (χ4v) is 4.01. The van der Waals surface area contributed by atoms with E-state index in [0.717, 1.165) is 33.6 Å². The van der Waals surface area contributed by atoms with Gasteiger partial charge in [0.25, 0.3) is 5.56 Å². The van der Waals surface area contributed by atoms with E-state index in [2.05, 4.69) is 32.8 Å². The first-order chi connectivity index (χ1) is 10.1. The molecule has 0 aliphatic heterocycles. The fraction of sp³-hybridized carbons (Fsp3) is 0.333. The quantitative estimate of drug-likeness (QED) is 0.711. The Morgan fingerprint density at radius 1 is 1.38 bits per heavy atom. The van der Waals surface area contributed by atoms with Gasteiger partial charge in [-0.3, -0.25) is 4.79 Å². The molecular weight excluding hydrogens is 302 g/mol. The van der Waals surface area contributed by atoms with Crippen molar-refractivity contribution in [2.24, 2.45) is 0 Å². The second-order valence-corrected chi connectivity index (χ2v) is 7.22. The van der Waals surface area contributed by atoms with E-state index in [1.807, 2.05) is 13.8 Å². The first-order valence-electron chi connectivity index (χ1n) is 6.87. The van der Waals surface area contributed by atoms with Gasteiger partial charge in [0, 0.05) is 16.3 Å². The summed E-state index contributed by atoms with van der Waals surface area (Å²) in [6.45, 7) is 5.47. The largest absolute Gasteiger partial charge is 0.310 e. The molecule has 0 aliphatic carbocycles. The summed E-state index contributed by atoms with van der Waals surface area (Å²) in [5, 5.41) is 6.15. The van der Waals surface area contributed by atoms with E-state index in [1.165, 1.54) is 4.88 Å². The average Bonchev–Trinajstić information content (AvgIpc) is 3.04. The molecule has 0 spiro atoms. The molecular formula is C15H17N3OS2. The minimum atomic E-state index is -0.0306. The topological polar surface area (TPSA) is 57.8 Å². The van der Waals surface area contributed by atoms with Gasteiger partial charge < -0.3 is 10.3 Å². The minimum absolute atomic E-state index is 0.0306. The molecule has 110 valence electrons. The Bertz CT molecular complexity index is 802. The number of rotatable bonds is 5. The maximum atomic E-state index is 12.1. The highest BCUT2D eigenvalue weighted by Crippen LogP contribution is 2.25. The summed E-state index contributed by atoms with van der Waals surface area (Å²) in [7, 11) is 0. The molecule has 0 unspecified atom stereocenters. The second kappa shape index (κ2) is 6.09. The molecule has 0 amide bonds. The van der Waals surface area contributed by atoms with Crippen molar-refractivity contribution in [1.29, 1.82) is 0 Å². The second-order valence-electron chi connectivity index (χ2n) is 4.98. The molecule has 2 N–H and O–H groups in total. The maximum absolute atomic E-state index is 12.1. The monoisotopic (exact) mass is 319 g/mol. The summed E-state index contributed by atoms with van der Waals surface area (Å²) in [6.07, 6.45) is 1.00. The van der Waals surface area contributed by atoms with E-state index in [1.54, 1.807) is 22.7 Å². The van der Waals surface area contributed by atoms with Gasteiger partial charge in [0.1, 0.15) is 10.7 Å². The zero-order chi connectivity index (χ0) is 14.8. The Labute approximate surface area is 130 Å². The molecule has 0 atom stereocenters. The van der Waals surface area contributed by atoms with E-state index in [9.17, 15) is 4.79 Å². The number of H-pyrrole nitrogens is 1. The Morgan fingerprint density at radius 3 is 3.00 bits per heavy atom. The van der Waals surface area contributed by atoms with Crippen LogP contribution >= 0.6 is 22.7 Å². The molecule has 0 saturated carbocycles. The number of aromatic amines is 1. The molecule has 0 aromatic carbocycles. The van der Waals surface area contributed by atoms with E-state index >= 15 is 0 Å². The lowest BCUT2D eigenvalue weighted by Gasteiger charge is -2.03. The highest BCUT2D eigenvalue weighted by molar-refractivity contribution is 7.18. The third-order valence-corrected chi connectivity index (χ3v) is 5.55. The molecule has 6 heteroatoms. The lowest BCUT2D eigenvalue weighted by molar-refractivity contribution is 0.663. The zero-order valence-electron chi connectivity index (χ0n) is 12.0. The van der Waals surface area contributed by atoms with Crippen molar-refractivity contribution < 1.29 is 0 Å². The van der Waals surface area contributed by atoms with Crippen LogP contribution in [0.25, 0.3) is 10.2 Å². The lowest BCUT2D eigenvalue weighted by Crippen LogP contribution is -2.21. The van der Waals surface area contributed by atoms with Gasteiger partial charge in [-0.05, 0) is 37.3 Å². The highest BCUT2D eigenvalue weighted by Gasteiger charge is 2.11. The normalized spacial score (nSPS) is 11.3. The molecule has 0 bridgehead atoms. The summed E-state index contributed by atoms with van der Waals surface area (Å²) in [5.74, 6) is 0.708. The Morgan fingerprint density at radius 2 is 2.24 bits per heavy atom. The van der Waals surface area contributed by atoms with Crippen molar-refractivity contribution in [3.05, 3.63) is 49.0 Å². The van der Waals surface area contributed by atoms with Crippen LogP contribution in [-0.2, 0) is 13.0 Å². The number of nitrogens with zero attached hydrogens (tertiary/aromatic N) is 1. The van der Waals surface area contributed by atoms with Gasteiger partial charge in [-0.25, -0.2) is 4.98 Å². The van der Waals surface area contributed by atoms with Crippen LogP contribution in [0.2, 0.25) is 0 Å². The van der Waals surface area contributed by atoms with E-state index < -0.39 is 0 Å². The van der Waals surface area contributed by atoms with Crippen molar-refractivity contribution in [3.8, 4) is 0 Å². The van der Waals surface area contributed by atoms with Crippen molar-refractivity contribution in [2.75, 3.05) is 6.54 Å². The Hall–Kier alpha value is -1.50. The van der Waals surface area contributed by atoms with E-state index in [-0.39, 0.29) is 5.56 Å². The Balaban J connectivity index is 1.68. The summed E-state index contributed by atoms with van der Waals surface area (Å²) in [6, 6.07) is 4.20. The van der Waals surface area contributed by atoms with Crippen LogP contribution in [0.15, 0.2) is 22.3 Å². The molecule has 0 radical (unpaired) electrons. The van der Waals surface area contributed by atoms with E-state index in [4.69, 9.17) is 0 Å². The van der Waals surface area contributed by atoms with E-state index in [0.29, 0.717) is 12.4 Å². The molecule has 21 heavy (non-hydrogen) atoms. The van der Waals surface area contributed by atoms with Gasteiger partial charge in [0.15, 0.2) is 0 Å². The van der Waals surface area contributed by atoms with Crippen LogP contribution in [0.5, 0.6) is 0 Å². The predicted molar refractivity (Wildman–Crippen MR) is 89.4 cm³/mol. The predicted octanol–water partition coefficient (Wildman–Crippen LogP) is 3.00. The summed E-state index contributed by atoms with van der Waals surface area (Å²) < 4.78 is 0. The highest BCUT2D eigenvalue weighted by atomic mass is 32.1. The van der Waals surface area contributed by atoms with Gasteiger partial charge in [-0.15, -0.1) is 22.7 Å². The lowest BCUT2D eigenvalue weighted by atomic mass is 10.2. The molecule has 3 heterocycles. The van der Waals surface area contributed by atoms with Crippen LogP contribution in [0, 0.1) is 13.8 Å². The zero-order valence-corrected chi connectivity index (χ0v) is 13.7. The molecule has 3 aromatic rings. The van der Waals surface area contributed by atoms with Gasteiger partial charge in [0.2, 0.25) is 0 Å². The summed E-state index contributed by atoms with van der Waals surface area (Å²) in [4.78, 5) is 22.9. The third-order valence-electron chi connectivity index (χ3n) is 3.51. The molecule has 3 rings (SSSR count). The number of hydrogen-bond acceptors (Lipinski definition) is 5. The molecule has 4 nitrogen and oxygen atoms in total. The minimum Gasteiger partial charge on any atom is -0.310 e. The number of fused-ring (bicyclic) bond motifs is 1. The van der Waals surface area contributed by atoms with Crippen LogP contribution in [0.4, 0.5) is 0 Å². The Kier molecular flexibility index (Phi) is 4.19. The van der Waals surface area contributed by atoms with Crippen LogP contribution in [0.1, 0.15) is 21.1 Å². The smallest absolute Gasteiger partial charge is 0.259 e. The summed E-state index contributed by atoms with van der Waals surface area (Å²) in [5.41, 5.74) is 1.01. The SMILES string of the molecule is Cc1sc2nc(CNCCc3cccs3)[nH]c(=O)c2c1C. The molecule has 0 fully saturated rings. The molecule has 0 saturated heterocycles. The number of hydrogen-bond donors (Lipinski definition) is 2. The van der Waals surface area contributed by atoms with Gasteiger partial charge in [-0.1, -0.05) is 6.07 Å². The van der Waals surface area contributed by atoms with Crippen molar-refractivity contribution in [3.63, 3.8) is 0 Å². The number of aromatic nitrogens is 2. The summed E-state index contributed by atoms with van der Waals surface area (Å²) >= 11 is 3.35. The fourth-order valence-electron chi connectivity index (χ4n) is 2.26. The van der Waals surface area contributed by atoms with Gasteiger partial charge in [-0.2, -0.15) is 0 Å². The molecule has 0 aliphatic rings. The van der Waals surface area contributed by atoms with Gasteiger partial charge >= 0.3 is 0 Å². The maximum Gasteiger partial charge on any atom is 0.259 e. The van der Waals surface area contributed by atoms with Crippen LogP contribution < -0.4 is 10.9 Å². The van der Waals surface area contributed by atoms with Crippen LogP contribution in [-0.4, -0.2) is 16.5 Å². The molecule has 3 aromatic heterocycles. The van der Waals surface area contributed by atoms with Crippen molar-refractivity contribution in [2.45, 2.75) is 26.8 Å².